The molecule has 0 saturated carbocycles. The zero-order valence-corrected chi connectivity index (χ0v) is 21.9. The fourth-order valence-corrected chi connectivity index (χ4v) is 4.87. The van der Waals surface area contributed by atoms with Gasteiger partial charge in [0.2, 0.25) is 11.6 Å². The number of carbonyl (C=O) groups is 1. The number of hydrogen-bond donors (Lipinski definition) is 2. The number of para-hydroxylation sites is 1. The van der Waals surface area contributed by atoms with Crippen molar-refractivity contribution >= 4 is 23.1 Å². The first-order valence-electron chi connectivity index (χ1n) is 12.9. The molecule has 5 aromatic rings. The number of aryl methyl sites for hydroxylation is 1. The number of hydrogen-bond acceptors (Lipinski definition) is 9. The highest BCUT2D eigenvalue weighted by molar-refractivity contribution is 6.01. The van der Waals surface area contributed by atoms with Gasteiger partial charge in [0, 0.05) is 12.2 Å². The first kappa shape index (κ1) is 25.0. The van der Waals surface area contributed by atoms with E-state index in [0.717, 1.165) is 41.8 Å². The molecule has 0 saturated heterocycles. The summed E-state index contributed by atoms with van der Waals surface area (Å²) in [5.74, 6) is -0.281. The van der Waals surface area contributed by atoms with E-state index in [1.807, 2.05) is 61.5 Å². The van der Waals surface area contributed by atoms with E-state index in [2.05, 4.69) is 60.3 Å². The van der Waals surface area contributed by atoms with Crippen LogP contribution in [0.25, 0.3) is 16.9 Å². The van der Waals surface area contributed by atoms with Crippen molar-refractivity contribution in [3.8, 4) is 16.9 Å². The molecule has 3 heterocycles. The maximum Gasteiger partial charge on any atom is 0.293 e. The normalized spacial score (nSPS) is 13.2. The number of nitrogens with two attached hydrogens (primary N) is 1. The van der Waals surface area contributed by atoms with E-state index >= 15 is 0 Å². The molecule has 0 radical (unpaired) electrons. The number of rotatable bonds is 7. The maximum absolute atomic E-state index is 13.4. The first-order chi connectivity index (χ1) is 19.6. The second-order valence-corrected chi connectivity index (χ2v) is 9.50. The van der Waals surface area contributed by atoms with Crippen LogP contribution in [-0.4, -0.2) is 43.5 Å². The van der Waals surface area contributed by atoms with Gasteiger partial charge >= 0.3 is 0 Å². The van der Waals surface area contributed by atoms with Gasteiger partial charge in [-0.3, -0.25) is 4.79 Å². The number of nitrogen functional groups attached to an aromatic ring is 1. The van der Waals surface area contributed by atoms with E-state index in [9.17, 15) is 4.79 Å². The summed E-state index contributed by atoms with van der Waals surface area (Å²) in [5, 5.41) is 20.2. The molecule has 40 heavy (non-hydrogen) atoms. The maximum atomic E-state index is 13.4. The van der Waals surface area contributed by atoms with Crippen molar-refractivity contribution in [1.82, 2.24) is 30.7 Å². The van der Waals surface area contributed by atoms with Crippen molar-refractivity contribution in [3.63, 3.8) is 0 Å². The Morgan fingerprint density at radius 2 is 1.75 bits per heavy atom. The first-order valence-corrected chi connectivity index (χ1v) is 12.9. The third kappa shape index (κ3) is 4.92. The summed E-state index contributed by atoms with van der Waals surface area (Å²) in [5.41, 5.74) is 15.3. The molecule has 0 fully saturated rings. The average Bonchev–Trinajstić information content (AvgIpc) is 3.62. The van der Waals surface area contributed by atoms with E-state index in [1.54, 1.807) is 0 Å². The van der Waals surface area contributed by atoms with Gasteiger partial charge in [-0.05, 0) is 58.4 Å². The van der Waals surface area contributed by atoms with Gasteiger partial charge in [-0.2, -0.15) is 9.78 Å². The van der Waals surface area contributed by atoms with E-state index in [0.29, 0.717) is 18.0 Å². The van der Waals surface area contributed by atoms with Crippen LogP contribution in [0.4, 0.5) is 11.5 Å². The van der Waals surface area contributed by atoms with E-state index in [4.69, 9.17) is 10.4 Å². The molecular formula is C29H27N9O2. The summed E-state index contributed by atoms with van der Waals surface area (Å²) >= 11 is 0. The Kier molecular flexibility index (Phi) is 6.75. The van der Waals surface area contributed by atoms with E-state index < -0.39 is 5.91 Å². The van der Waals surface area contributed by atoms with Crippen LogP contribution < -0.4 is 16.1 Å². The number of aromatic nitrogens is 5. The highest BCUT2D eigenvalue weighted by Crippen LogP contribution is 2.29. The molecule has 0 aliphatic carbocycles. The molecule has 3 N–H and O–H groups in total. The van der Waals surface area contributed by atoms with Crippen LogP contribution in [0.5, 0.6) is 0 Å². The van der Waals surface area contributed by atoms with Crippen molar-refractivity contribution in [2.45, 2.75) is 26.3 Å². The fourth-order valence-electron chi connectivity index (χ4n) is 4.87. The number of nitrogens with one attached hydrogen (secondary N) is 1. The fraction of sp³-hybridized carbons (Fsp3) is 0.172. The molecule has 11 heteroatoms. The molecular weight excluding hydrogens is 506 g/mol. The average molecular weight is 534 g/mol. The summed E-state index contributed by atoms with van der Waals surface area (Å²) in [6, 6.07) is 26.4. The number of amides is 1. The van der Waals surface area contributed by atoms with Gasteiger partial charge in [0.15, 0.2) is 5.69 Å². The zero-order chi connectivity index (χ0) is 27.5. The standard InChI is InChI=1S/C29H27N9O2/c1-19(20-13-15-22(16-14-20)21-8-3-2-4-9-21)31-33-29(39)26-25(38(36-32-26)28-27(30)34-40-35-28)18-37-17-7-11-23-10-5-6-12-24(23)37/h2-6,8-10,12-16H,7,11,17-18H2,1H3,(H2,30,34)(H,33,39)/b31-19+. The summed E-state index contributed by atoms with van der Waals surface area (Å²) < 4.78 is 6.19. The van der Waals surface area contributed by atoms with Crippen LogP contribution in [0.1, 0.15) is 40.7 Å². The lowest BCUT2D eigenvalue weighted by Gasteiger charge is -2.31. The van der Waals surface area contributed by atoms with E-state index in [-0.39, 0.29) is 17.3 Å². The minimum atomic E-state index is -0.498. The molecule has 1 aliphatic rings. The van der Waals surface area contributed by atoms with Crippen LogP contribution in [-0.2, 0) is 13.0 Å². The smallest absolute Gasteiger partial charge is 0.293 e. The number of nitrogens with zero attached hydrogens (tertiary/aromatic N) is 7. The second kappa shape index (κ2) is 10.8. The predicted molar refractivity (Wildman–Crippen MR) is 151 cm³/mol. The molecule has 11 nitrogen and oxygen atoms in total. The molecule has 2 aromatic heterocycles. The predicted octanol–water partition coefficient (Wildman–Crippen LogP) is 4.01. The Labute approximate surface area is 230 Å². The minimum Gasteiger partial charge on any atom is -0.378 e. The monoisotopic (exact) mass is 533 g/mol. The van der Waals surface area contributed by atoms with Crippen molar-refractivity contribution in [2.75, 3.05) is 17.2 Å². The number of carbonyl (C=O) groups excluding carboxylic acids is 1. The summed E-state index contributed by atoms with van der Waals surface area (Å²) in [6.07, 6.45) is 1.98. The number of hydrazone groups is 1. The van der Waals surface area contributed by atoms with Gasteiger partial charge in [0.25, 0.3) is 5.91 Å². The Morgan fingerprint density at radius 3 is 2.52 bits per heavy atom. The van der Waals surface area contributed by atoms with Crippen LogP contribution in [0, 0.1) is 0 Å². The van der Waals surface area contributed by atoms with Crippen LogP contribution in [0.2, 0.25) is 0 Å². The second-order valence-electron chi connectivity index (χ2n) is 9.50. The third-order valence-corrected chi connectivity index (χ3v) is 6.96. The molecule has 1 amide bonds. The van der Waals surface area contributed by atoms with Crippen molar-refractivity contribution in [1.29, 1.82) is 0 Å². The van der Waals surface area contributed by atoms with Gasteiger partial charge in [-0.25, -0.2) is 10.1 Å². The number of fused-ring (bicyclic) bond motifs is 1. The van der Waals surface area contributed by atoms with Gasteiger partial charge in [0.1, 0.15) is 0 Å². The Balaban J connectivity index is 1.26. The van der Waals surface area contributed by atoms with Crippen LogP contribution in [0.3, 0.4) is 0 Å². The molecule has 0 unspecified atom stereocenters. The summed E-state index contributed by atoms with van der Waals surface area (Å²) in [6.45, 7) is 3.00. The molecule has 200 valence electrons. The van der Waals surface area contributed by atoms with E-state index in [1.165, 1.54) is 10.2 Å². The Bertz CT molecular complexity index is 1670. The molecule has 6 rings (SSSR count). The minimum absolute atomic E-state index is 0.0463. The van der Waals surface area contributed by atoms with Crippen molar-refractivity contribution in [3.05, 3.63) is 101 Å². The highest BCUT2D eigenvalue weighted by atomic mass is 16.6. The van der Waals surface area contributed by atoms with Crippen LogP contribution in [0.15, 0.2) is 88.6 Å². The van der Waals surface area contributed by atoms with Gasteiger partial charge < -0.3 is 10.6 Å². The number of anilines is 2. The zero-order valence-electron chi connectivity index (χ0n) is 21.9. The van der Waals surface area contributed by atoms with Gasteiger partial charge in [0.05, 0.1) is 18.0 Å². The SMILES string of the molecule is C/C(=N\NC(=O)c1nnn(-c2nonc2N)c1CN1CCCc2ccccc21)c1ccc(-c2ccccc2)cc1. The van der Waals surface area contributed by atoms with Gasteiger partial charge in [-0.15, -0.1) is 5.10 Å². The third-order valence-electron chi connectivity index (χ3n) is 6.96. The quantitative estimate of drug-likeness (QED) is 0.236. The molecule has 3 aromatic carbocycles. The summed E-state index contributed by atoms with van der Waals surface area (Å²) in [4.78, 5) is 15.5. The molecule has 0 atom stereocenters. The number of benzene rings is 3. The largest absolute Gasteiger partial charge is 0.378 e. The lowest BCUT2D eigenvalue weighted by Crippen LogP contribution is -2.31. The lowest BCUT2D eigenvalue weighted by atomic mass is 10.0. The highest BCUT2D eigenvalue weighted by Gasteiger charge is 2.27. The Morgan fingerprint density at radius 1 is 1.00 bits per heavy atom. The molecule has 0 bridgehead atoms. The Hall–Kier alpha value is -5.32. The van der Waals surface area contributed by atoms with Crippen molar-refractivity contribution < 1.29 is 9.42 Å². The lowest BCUT2D eigenvalue weighted by molar-refractivity contribution is 0.0948. The molecule has 0 spiro atoms. The van der Waals surface area contributed by atoms with Crippen LogP contribution >= 0.6 is 0 Å². The topological polar surface area (TPSA) is 140 Å². The molecule has 1 aliphatic heterocycles. The van der Waals surface area contributed by atoms with Gasteiger partial charge in [-0.1, -0.05) is 78.0 Å². The van der Waals surface area contributed by atoms with Crippen molar-refractivity contribution in [2.24, 2.45) is 5.10 Å². The summed E-state index contributed by atoms with van der Waals surface area (Å²) in [7, 11) is 0.